The molecule has 0 aliphatic heterocycles. The van der Waals surface area contributed by atoms with E-state index in [0.717, 1.165) is 4.47 Å². The van der Waals surface area contributed by atoms with Crippen molar-refractivity contribution in [2.75, 3.05) is 0 Å². The van der Waals surface area contributed by atoms with Crippen LogP contribution >= 0.6 is 31.9 Å². The van der Waals surface area contributed by atoms with Crippen molar-refractivity contribution in [3.8, 4) is 5.75 Å². The van der Waals surface area contributed by atoms with E-state index >= 15 is 0 Å². The highest BCUT2D eigenvalue weighted by molar-refractivity contribution is 9.11. The van der Waals surface area contributed by atoms with Crippen LogP contribution in [0.4, 0.5) is 0 Å². The van der Waals surface area contributed by atoms with Crippen LogP contribution in [0.5, 0.6) is 5.75 Å². The van der Waals surface area contributed by atoms with Gasteiger partial charge in [0.15, 0.2) is 5.84 Å². The first-order valence-corrected chi connectivity index (χ1v) is 7.12. The molecular formula is C13H10Br2N4O. The molecule has 2 aromatic rings. The minimum Gasteiger partial charge on any atom is -0.506 e. The minimum atomic E-state index is 0.0866. The van der Waals surface area contributed by atoms with Crippen LogP contribution in [0.1, 0.15) is 11.3 Å². The molecule has 0 bridgehead atoms. The second-order valence-corrected chi connectivity index (χ2v) is 5.54. The molecule has 20 heavy (non-hydrogen) atoms. The van der Waals surface area contributed by atoms with Gasteiger partial charge in [-0.05, 0) is 40.2 Å². The predicted molar refractivity (Wildman–Crippen MR) is 86.1 cm³/mol. The lowest BCUT2D eigenvalue weighted by atomic mass is 10.2. The summed E-state index contributed by atoms with van der Waals surface area (Å²) in [7, 11) is 0. The van der Waals surface area contributed by atoms with Crippen LogP contribution in [0.25, 0.3) is 0 Å². The maximum Gasteiger partial charge on any atom is 0.171 e. The maximum absolute atomic E-state index is 9.85. The fraction of sp³-hybridized carbons (Fsp3) is 0. The first-order chi connectivity index (χ1) is 9.58. The Morgan fingerprint density at radius 3 is 2.80 bits per heavy atom. The molecule has 0 saturated carbocycles. The zero-order valence-corrected chi connectivity index (χ0v) is 13.3. The van der Waals surface area contributed by atoms with Crippen LogP contribution < -0.4 is 5.73 Å². The smallest absolute Gasteiger partial charge is 0.171 e. The van der Waals surface area contributed by atoms with Gasteiger partial charge in [0.2, 0.25) is 0 Å². The molecule has 0 unspecified atom stereocenters. The van der Waals surface area contributed by atoms with Gasteiger partial charge in [0.25, 0.3) is 0 Å². The molecule has 1 aromatic carbocycles. The Bertz CT molecular complexity index is 672. The number of aromatic hydroxyl groups is 1. The summed E-state index contributed by atoms with van der Waals surface area (Å²) >= 11 is 6.57. The molecule has 0 saturated heterocycles. The van der Waals surface area contributed by atoms with Gasteiger partial charge < -0.3 is 10.8 Å². The first-order valence-electron chi connectivity index (χ1n) is 5.54. The Balaban J connectivity index is 2.23. The van der Waals surface area contributed by atoms with Gasteiger partial charge in [-0.25, -0.2) is 0 Å². The van der Waals surface area contributed by atoms with Crippen molar-refractivity contribution in [2.45, 2.75) is 0 Å². The van der Waals surface area contributed by atoms with Crippen molar-refractivity contribution in [2.24, 2.45) is 15.9 Å². The van der Waals surface area contributed by atoms with E-state index in [1.54, 1.807) is 30.5 Å². The number of phenolic OH excluding ortho intramolecular Hbond substituents is 1. The molecule has 0 atom stereocenters. The maximum atomic E-state index is 9.85. The van der Waals surface area contributed by atoms with Gasteiger partial charge in [-0.2, -0.15) is 5.10 Å². The first kappa shape index (κ1) is 14.7. The summed E-state index contributed by atoms with van der Waals surface area (Å²) in [5, 5.41) is 17.6. The van der Waals surface area contributed by atoms with Crippen LogP contribution in [0.2, 0.25) is 0 Å². The summed E-state index contributed by atoms with van der Waals surface area (Å²) in [4.78, 5) is 4.06. The Hall–Kier alpha value is -1.73. The van der Waals surface area contributed by atoms with Gasteiger partial charge in [0.05, 0.1) is 10.7 Å². The van der Waals surface area contributed by atoms with E-state index in [1.807, 2.05) is 6.07 Å². The molecule has 0 spiro atoms. The molecule has 0 aliphatic carbocycles. The van der Waals surface area contributed by atoms with Crippen LogP contribution in [0, 0.1) is 0 Å². The largest absolute Gasteiger partial charge is 0.506 e. The van der Waals surface area contributed by atoms with E-state index < -0.39 is 0 Å². The highest BCUT2D eigenvalue weighted by Crippen LogP contribution is 2.30. The minimum absolute atomic E-state index is 0.0866. The zero-order chi connectivity index (χ0) is 14.5. The number of halogens is 2. The average Bonchev–Trinajstić information content (AvgIpc) is 2.44. The van der Waals surface area contributed by atoms with E-state index in [9.17, 15) is 5.11 Å². The molecule has 3 N–H and O–H groups in total. The second-order valence-electron chi connectivity index (χ2n) is 3.77. The molecule has 5 nitrogen and oxygen atoms in total. The number of nitrogens with zero attached hydrogens (tertiary/aromatic N) is 3. The molecule has 1 aromatic heterocycles. The number of hydrogen-bond acceptors (Lipinski definition) is 4. The standard InChI is InChI=1S/C13H10Br2N4O/c14-9-5-8(12(20)10(15)6-9)7-18-19-13(16)11-3-1-2-4-17-11/h1-7,20H,(H2,16,19)/b18-7-. The monoisotopic (exact) mass is 396 g/mol. The molecule has 0 aliphatic rings. The van der Waals surface area contributed by atoms with Crippen LogP contribution in [-0.2, 0) is 0 Å². The van der Waals surface area contributed by atoms with Gasteiger partial charge >= 0.3 is 0 Å². The lowest BCUT2D eigenvalue weighted by Crippen LogP contribution is -2.14. The fourth-order valence-corrected chi connectivity index (χ4v) is 2.66. The number of hydrogen-bond donors (Lipinski definition) is 2. The molecule has 7 heteroatoms. The summed E-state index contributed by atoms with van der Waals surface area (Å²) < 4.78 is 1.38. The molecule has 102 valence electrons. The molecule has 2 rings (SSSR count). The number of pyridine rings is 1. The SMILES string of the molecule is NC(=N/N=C\c1cc(Br)cc(Br)c1O)c1ccccn1. The quantitative estimate of drug-likeness (QED) is 0.474. The van der Waals surface area contributed by atoms with Crippen molar-refractivity contribution in [3.05, 3.63) is 56.7 Å². The Morgan fingerprint density at radius 2 is 2.10 bits per heavy atom. The van der Waals surface area contributed by atoms with Gasteiger partial charge in [-0.1, -0.05) is 22.0 Å². The third-order valence-corrected chi connectivity index (χ3v) is 3.41. The summed E-state index contributed by atoms with van der Waals surface area (Å²) in [5.74, 6) is 0.291. The Morgan fingerprint density at radius 1 is 1.30 bits per heavy atom. The predicted octanol–water partition coefficient (Wildman–Crippen LogP) is 3.05. The molecule has 0 fully saturated rings. The zero-order valence-electron chi connectivity index (χ0n) is 10.2. The van der Waals surface area contributed by atoms with E-state index in [0.29, 0.717) is 15.7 Å². The lowest BCUT2D eigenvalue weighted by Gasteiger charge is -2.02. The highest BCUT2D eigenvalue weighted by Gasteiger charge is 2.05. The normalized spacial score (nSPS) is 12.0. The second kappa shape index (κ2) is 6.62. The number of benzene rings is 1. The fourth-order valence-electron chi connectivity index (χ4n) is 1.40. The van der Waals surface area contributed by atoms with Crippen molar-refractivity contribution >= 4 is 43.9 Å². The average molecular weight is 398 g/mol. The summed E-state index contributed by atoms with van der Waals surface area (Å²) in [6, 6.07) is 8.79. The van der Waals surface area contributed by atoms with Crippen molar-refractivity contribution in [3.63, 3.8) is 0 Å². The summed E-state index contributed by atoms with van der Waals surface area (Å²) in [6.07, 6.45) is 3.04. The van der Waals surface area contributed by atoms with Gasteiger partial charge in [0.1, 0.15) is 11.4 Å². The van der Waals surface area contributed by atoms with Crippen LogP contribution in [-0.4, -0.2) is 22.1 Å². The van der Waals surface area contributed by atoms with Crippen molar-refractivity contribution in [1.82, 2.24) is 4.98 Å². The molecule has 1 heterocycles. The van der Waals surface area contributed by atoms with Crippen molar-refractivity contribution in [1.29, 1.82) is 0 Å². The number of rotatable bonds is 3. The molecular weight excluding hydrogens is 388 g/mol. The Kier molecular flexibility index (Phi) is 4.86. The molecule has 0 amide bonds. The van der Waals surface area contributed by atoms with E-state index in [-0.39, 0.29) is 11.6 Å². The summed E-state index contributed by atoms with van der Waals surface area (Å²) in [6.45, 7) is 0. The van der Waals surface area contributed by atoms with E-state index in [4.69, 9.17) is 5.73 Å². The van der Waals surface area contributed by atoms with Crippen LogP contribution in [0.15, 0.2) is 55.7 Å². The highest BCUT2D eigenvalue weighted by atomic mass is 79.9. The molecule has 0 radical (unpaired) electrons. The summed E-state index contributed by atoms with van der Waals surface area (Å²) in [5.41, 5.74) is 6.81. The van der Waals surface area contributed by atoms with E-state index in [1.165, 1.54) is 6.21 Å². The van der Waals surface area contributed by atoms with Gasteiger partial charge in [-0.15, -0.1) is 5.10 Å². The van der Waals surface area contributed by atoms with E-state index in [2.05, 4.69) is 47.0 Å². The lowest BCUT2D eigenvalue weighted by molar-refractivity contribution is 0.471. The topological polar surface area (TPSA) is 83.9 Å². The number of nitrogens with two attached hydrogens (primary N) is 1. The number of phenols is 1. The number of aromatic nitrogens is 1. The number of amidine groups is 1. The van der Waals surface area contributed by atoms with Crippen molar-refractivity contribution < 1.29 is 5.11 Å². The third-order valence-electron chi connectivity index (χ3n) is 2.35. The van der Waals surface area contributed by atoms with Gasteiger partial charge in [-0.3, -0.25) is 4.98 Å². The Labute approximate surface area is 132 Å². The van der Waals surface area contributed by atoms with Gasteiger partial charge in [0, 0.05) is 16.2 Å². The third kappa shape index (κ3) is 3.64. The van der Waals surface area contributed by atoms with Crippen LogP contribution in [0.3, 0.4) is 0 Å².